The molecule has 0 aliphatic carbocycles. The zero-order valence-corrected chi connectivity index (χ0v) is 10.9. The van der Waals surface area contributed by atoms with Crippen molar-refractivity contribution in [2.75, 3.05) is 7.11 Å². The van der Waals surface area contributed by atoms with E-state index in [9.17, 15) is 4.79 Å². The molecule has 0 spiro atoms. The van der Waals surface area contributed by atoms with E-state index in [1.54, 1.807) is 6.92 Å². The Labute approximate surface area is 103 Å². The van der Waals surface area contributed by atoms with Gasteiger partial charge < -0.3 is 9.47 Å². The summed E-state index contributed by atoms with van der Waals surface area (Å²) < 4.78 is 10.3. The first-order chi connectivity index (χ1) is 8.10. The average molecular weight is 236 g/mol. The summed E-state index contributed by atoms with van der Waals surface area (Å²) in [4.78, 5) is 11.3. The van der Waals surface area contributed by atoms with Crippen LogP contribution in [-0.2, 0) is 9.53 Å². The van der Waals surface area contributed by atoms with Crippen molar-refractivity contribution in [1.29, 1.82) is 0 Å². The number of para-hydroxylation sites is 1. The van der Waals surface area contributed by atoms with Gasteiger partial charge in [0.2, 0.25) is 0 Å². The van der Waals surface area contributed by atoms with Crippen molar-refractivity contribution in [3.05, 3.63) is 29.8 Å². The highest BCUT2D eigenvalue weighted by Crippen LogP contribution is 2.29. The number of carbonyl (C=O) groups excluding carboxylic acids is 1. The molecule has 0 fully saturated rings. The number of carbonyl (C=O) groups is 1. The Hall–Kier alpha value is -1.51. The second-order valence-corrected chi connectivity index (χ2v) is 4.13. The third kappa shape index (κ3) is 3.48. The van der Waals surface area contributed by atoms with Crippen LogP contribution in [-0.4, -0.2) is 19.2 Å². The van der Waals surface area contributed by atoms with Crippen LogP contribution in [0.15, 0.2) is 24.3 Å². The van der Waals surface area contributed by atoms with Crippen LogP contribution in [0.3, 0.4) is 0 Å². The molecule has 0 heterocycles. The summed E-state index contributed by atoms with van der Waals surface area (Å²) in [5.41, 5.74) is 1.13. The maximum absolute atomic E-state index is 11.3. The molecule has 0 bridgehead atoms. The van der Waals surface area contributed by atoms with Gasteiger partial charge in [-0.15, -0.1) is 0 Å². The lowest BCUT2D eigenvalue weighted by Gasteiger charge is -2.18. The van der Waals surface area contributed by atoms with Crippen molar-refractivity contribution in [2.24, 2.45) is 0 Å². The van der Waals surface area contributed by atoms with Crippen molar-refractivity contribution in [2.45, 2.75) is 39.2 Å². The first-order valence-electron chi connectivity index (χ1n) is 5.93. The molecule has 17 heavy (non-hydrogen) atoms. The number of hydrogen-bond acceptors (Lipinski definition) is 3. The number of benzene rings is 1. The van der Waals surface area contributed by atoms with Crippen molar-refractivity contribution in [3.63, 3.8) is 0 Å². The quantitative estimate of drug-likeness (QED) is 0.737. The minimum Gasteiger partial charge on any atom is -0.479 e. The maximum atomic E-state index is 11.3. The molecule has 0 radical (unpaired) electrons. The number of hydrogen-bond donors (Lipinski definition) is 0. The van der Waals surface area contributed by atoms with E-state index in [2.05, 4.69) is 18.6 Å². The Morgan fingerprint density at radius 1 is 1.29 bits per heavy atom. The van der Waals surface area contributed by atoms with Gasteiger partial charge in [-0.3, -0.25) is 0 Å². The van der Waals surface area contributed by atoms with Gasteiger partial charge in [-0.2, -0.15) is 0 Å². The van der Waals surface area contributed by atoms with E-state index in [-0.39, 0.29) is 5.97 Å². The van der Waals surface area contributed by atoms with E-state index in [4.69, 9.17) is 4.74 Å². The molecule has 1 rings (SSSR count). The van der Waals surface area contributed by atoms with E-state index in [0.29, 0.717) is 5.92 Å². The van der Waals surface area contributed by atoms with Crippen LogP contribution in [0.1, 0.15) is 38.7 Å². The highest BCUT2D eigenvalue weighted by atomic mass is 16.6. The number of methoxy groups -OCH3 is 1. The van der Waals surface area contributed by atoms with Crippen molar-refractivity contribution in [3.8, 4) is 5.75 Å². The smallest absolute Gasteiger partial charge is 0.346 e. The van der Waals surface area contributed by atoms with Crippen molar-refractivity contribution >= 4 is 5.97 Å². The average Bonchev–Trinajstić information content (AvgIpc) is 2.37. The molecule has 0 aromatic heterocycles. The first-order valence-corrected chi connectivity index (χ1v) is 5.93. The summed E-state index contributed by atoms with van der Waals surface area (Å²) >= 11 is 0. The fourth-order valence-electron chi connectivity index (χ4n) is 1.62. The molecule has 0 saturated carbocycles. The molecule has 0 aliphatic rings. The Balaban J connectivity index is 2.87. The molecule has 0 N–H and O–H groups in total. The third-order valence-corrected chi connectivity index (χ3v) is 2.90. The van der Waals surface area contributed by atoms with E-state index in [1.165, 1.54) is 7.11 Å². The summed E-state index contributed by atoms with van der Waals surface area (Å²) in [6, 6.07) is 7.82. The summed E-state index contributed by atoms with van der Waals surface area (Å²) in [5.74, 6) is 0.819. The van der Waals surface area contributed by atoms with Crippen molar-refractivity contribution < 1.29 is 14.3 Å². The van der Waals surface area contributed by atoms with Gasteiger partial charge in [0.25, 0.3) is 0 Å². The molecular weight excluding hydrogens is 216 g/mol. The highest BCUT2D eigenvalue weighted by Gasteiger charge is 2.17. The first kappa shape index (κ1) is 13.6. The van der Waals surface area contributed by atoms with Crippen LogP contribution < -0.4 is 4.74 Å². The van der Waals surface area contributed by atoms with Gasteiger partial charge in [0, 0.05) is 0 Å². The predicted molar refractivity (Wildman–Crippen MR) is 67.3 cm³/mol. The van der Waals surface area contributed by atoms with E-state index >= 15 is 0 Å². The lowest BCUT2D eigenvalue weighted by Crippen LogP contribution is -2.25. The molecule has 0 amide bonds. The Morgan fingerprint density at radius 3 is 2.53 bits per heavy atom. The van der Waals surface area contributed by atoms with Gasteiger partial charge in [0.15, 0.2) is 6.10 Å². The monoisotopic (exact) mass is 236 g/mol. The molecule has 1 unspecified atom stereocenters. The molecule has 3 nitrogen and oxygen atoms in total. The van der Waals surface area contributed by atoms with Crippen LogP contribution in [0, 0.1) is 0 Å². The molecule has 3 heteroatoms. The Morgan fingerprint density at radius 2 is 1.94 bits per heavy atom. The molecule has 1 aromatic carbocycles. The van der Waals surface area contributed by atoms with Gasteiger partial charge in [-0.05, 0) is 30.9 Å². The summed E-state index contributed by atoms with van der Waals surface area (Å²) in [7, 11) is 1.36. The summed E-state index contributed by atoms with van der Waals surface area (Å²) in [5, 5.41) is 0. The molecule has 0 saturated heterocycles. The summed E-state index contributed by atoms with van der Waals surface area (Å²) in [6.45, 7) is 5.97. The molecular formula is C14H20O3. The summed E-state index contributed by atoms with van der Waals surface area (Å²) in [6.07, 6.45) is 0.456. The second-order valence-electron chi connectivity index (χ2n) is 4.13. The number of ether oxygens (including phenoxy) is 2. The lowest BCUT2D eigenvalue weighted by molar-refractivity contribution is -0.147. The van der Waals surface area contributed by atoms with Gasteiger partial charge in [0.1, 0.15) is 5.75 Å². The standard InChI is InChI=1S/C14H20O3/c1-5-10(2)12-8-6-7-9-13(12)17-11(3)14(15)16-4/h6-11H,5H2,1-4H3/t10?,11-/m1/s1. The molecule has 2 atom stereocenters. The van der Waals surface area contributed by atoms with Crippen LogP contribution in [0.25, 0.3) is 0 Å². The van der Waals surface area contributed by atoms with E-state index in [0.717, 1.165) is 17.7 Å². The van der Waals surface area contributed by atoms with Crippen LogP contribution in [0.5, 0.6) is 5.75 Å². The highest BCUT2D eigenvalue weighted by molar-refractivity contribution is 5.74. The van der Waals surface area contributed by atoms with Crippen molar-refractivity contribution in [1.82, 2.24) is 0 Å². The maximum Gasteiger partial charge on any atom is 0.346 e. The van der Waals surface area contributed by atoms with E-state index in [1.807, 2.05) is 24.3 Å². The zero-order valence-electron chi connectivity index (χ0n) is 10.9. The van der Waals surface area contributed by atoms with Crippen LogP contribution >= 0.6 is 0 Å². The topological polar surface area (TPSA) is 35.5 Å². The fraction of sp³-hybridized carbons (Fsp3) is 0.500. The van der Waals surface area contributed by atoms with Gasteiger partial charge in [-0.25, -0.2) is 4.79 Å². The minimum absolute atomic E-state index is 0.357. The predicted octanol–water partition coefficient (Wildman–Crippen LogP) is 3.14. The van der Waals surface area contributed by atoms with Gasteiger partial charge >= 0.3 is 5.97 Å². The number of esters is 1. The van der Waals surface area contributed by atoms with E-state index < -0.39 is 6.10 Å². The zero-order chi connectivity index (χ0) is 12.8. The number of rotatable bonds is 5. The normalized spacial score (nSPS) is 13.9. The minimum atomic E-state index is -0.579. The molecule has 0 aliphatic heterocycles. The second kappa shape index (κ2) is 6.28. The molecule has 1 aromatic rings. The Kier molecular flexibility index (Phi) is 5.01. The fourth-order valence-corrected chi connectivity index (χ4v) is 1.62. The lowest BCUT2D eigenvalue weighted by atomic mass is 9.98. The van der Waals surface area contributed by atoms with Gasteiger partial charge in [0.05, 0.1) is 7.11 Å². The van der Waals surface area contributed by atoms with Crippen LogP contribution in [0.2, 0.25) is 0 Å². The third-order valence-electron chi connectivity index (χ3n) is 2.90. The van der Waals surface area contributed by atoms with Gasteiger partial charge in [-0.1, -0.05) is 32.0 Å². The molecule has 94 valence electrons. The Bertz CT molecular complexity index is 373. The van der Waals surface area contributed by atoms with Crippen LogP contribution in [0.4, 0.5) is 0 Å². The SMILES string of the molecule is CCC(C)c1ccccc1O[C@H](C)C(=O)OC. The largest absolute Gasteiger partial charge is 0.479 e.